The zero-order valence-electron chi connectivity index (χ0n) is 9.91. The van der Waals surface area contributed by atoms with E-state index in [1.807, 2.05) is 7.05 Å². The Bertz CT molecular complexity index is 477. The largest absolute Gasteiger partial charge is 0.316 e. The lowest BCUT2D eigenvalue weighted by molar-refractivity contribution is 0.817. The van der Waals surface area contributed by atoms with Crippen molar-refractivity contribution in [1.29, 1.82) is 0 Å². The molecule has 0 atom stereocenters. The molecule has 0 aromatic heterocycles. The van der Waals surface area contributed by atoms with Gasteiger partial charge in [-0.3, -0.25) is 0 Å². The molecule has 1 N–H and O–H groups in total. The van der Waals surface area contributed by atoms with Gasteiger partial charge in [-0.15, -0.1) is 0 Å². The van der Waals surface area contributed by atoms with Crippen molar-refractivity contribution in [3.8, 4) is 0 Å². The molecular formula is C15H16BrN. The third-order valence-corrected chi connectivity index (χ3v) is 3.19. The lowest BCUT2D eigenvalue weighted by Crippen LogP contribution is -2.04. The average Bonchev–Trinajstić information content (AvgIpc) is 2.32. The first-order valence-electron chi connectivity index (χ1n) is 5.75. The van der Waals surface area contributed by atoms with E-state index in [0.29, 0.717) is 0 Å². The smallest absolute Gasteiger partial charge is 0.0202 e. The van der Waals surface area contributed by atoms with E-state index in [2.05, 4.69) is 69.8 Å². The number of benzene rings is 2. The molecule has 0 aliphatic heterocycles. The van der Waals surface area contributed by atoms with Crippen molar-refractivity contribution < 1.29 is 0 Å². The Labute approximate surface area is 111 Å². The molecule has 0 radical (unpaired) electrons. The maximum absolute atomic E-state index is 3.50. The first-order chi connectivity index (χ1) is 8.28. The van der Waals surface area contributed by atoms with Gasteiger partial charge in [0.05, 0.1) is 0 Å². The van der Waals surface area contributed by atoms with E-state index in [-0.39, 0.29) is 0 Å². The maximum atomic E-state index is 3.50. The molecule has 0 spiro atoms. The fourth-order valence-corrected chi connectivity index (χ4v) is 2.31. The lowest BCUT2D eigenvalue weighted by Gasteiger charge is -2.04. The molecule has 0 bridgehead atoms. The molecule has 0 aliphatic carbocycles. The summed E-state index contributed by atoms with van der Waals surface area (Å²) in [6, 6.07) is 17.2. The van der Waals surface area contributed by atoms with Crippen molar-refractivity contribution in [2.45, 2.75) is 13.0 Å². The van der Waals surface area contributed by atoms with E-state index in [1.165, 1.54) is 16.7 Å². The normalized spacial score (nSPS) is 10.5. The Balaban J connectivity index is 2.08. The molecule has 88 valence electrons. The molecule has 0 saturated carbocycles. The van der Waals surface area contributed by atoms with Crippen LogP contribution < -0.4 is 5.32 Å². The molecule has 0 saturated heterocycles. The van der Waals surface area contributed by atoms with Gasteiger partial charge < -0.3 is 5.32 Å². The van der Waals surface area contributed by atoms with E-state index in [1.54, 1.807) is 0 Å². The van der Waals surface area contributed by atoms with Gasteiger partial charge in [-0.25, -0.2) is 0 Å². The van der Waals surface area contributed by atoms with Crippen LogP contribution in [-0.4, -0.2) is 7.05 Å². The molecule has 0 aliphatic rings. The fourth-order valence-electron chi connectivity index (χ4n) is 1.86. The van der Waals surface area contributed by atoms with Crippen LogP contribution in [0.5, 0.6) is 0 Å². The highest BCUT2D eigenvalue weighted by Crippen LogP contribution is 2.15. The molecule has 2 heteroatoms. The van der Waals surface area contributed by atoms with Crippen LogP contribution in [0.4, 0.5) is 0 Å². The summed E-state index contributed by atoms with van der Waals surface area (Å²) in [4.78, 5) is 0. The van der Waals surface area contributed by atoms with Crippen LogP contribution in [-0.2, 0) is 13.0 Å². The summed E-state index contributed by atoms with van der Waals surface area (Å²) in [5.74, 6) is 0. The highest BCUT2D eigenvalue weighted by molar-refractivity contribution is 9.10. The van der Waals surface area contributed by atoms with Crippen LogP contribution in [0.1, 0.15) is 16.7 Å². The fraction of sp³-hybridized carbons (Fsp3) is 0.200. The number of halogens is 1. The lowest BCUT2D eigenvalue weighted by atomic mass is 10.0. The number of hydrogen-bond donors (Lipinski definition) is 1. The second-order valence-corrected chi connectivity index (χ2v) is 5.07. The molecule has 17 heavy (non-hydrogen) atoms. The van der Waals surface area contributed by atoms with Crippen molar-refractivity contribution >= 4 is 15.9 Å². The van der Waals surface area contributed by atoms with E-state index in [9.17, 15) is 0 Å². The van der Waals surface area contributed by atoms with Crippen molar-refractivity contribution in [2.75, 3.05) is 7.05 Å². The van der Waals surface area contributed by atoms with Crippen LogP contribution in [0.2, 0.25) is 0 Å². The summed E-state index contributed by atoms with van der Waals surface area (Å²) >= 11 is 3.50. The second-order valence-electron chi connectivity index (χ2n) is 4.15. The van der Waals surface area contributed by atoms with E-state index in [4.69, 9.17) is 0 Å². The van der Waals surface area contributed by atoms with Crippen LogP contribution in [0.25, 0.3) is 0 Å². The average molecular weight is 290 g/mol. The van der Waals surface area contributed by atoms with E-state index >= 15 is 0 Å². The summed E-state index contributed by atoms with van der Waals surface area (Å²) in [5, 5.41) is 3.15. The molecule has 1 nitrogen and oxygen atoms in total. The van der Waals surface area contributed by atoms with Crippen molar-refractivity contribution in [3.63, 3.8) is 0 Å². The zero-order chi connectivity index (χ0) is 12.1. The molecule has 2 rings (SSSR count). The minimum atomic E-state index is 0.928. The van der Waals surface area contributed by atoms with Gasteiger partial charge in [-0.2, -0.15) is 0 Å². The Morgan fingerprint density at radius 1 is 0.941 bits per heavy atom. The minimum Gasteiger partial charge on any atom is -0.316 e. The number of nitrogens with one attached hydrogen (secondary N) is 1. The van der Waals surface area contributed by atoms with E-state index in [0.717, 1.165) is 17.4 Å². The highest BCUT2D eigenvalue weighted by Gasteiger charge is 1.97. The Morgan fingerprint density at radius 3 is 2.29 bits per heavy atom. The summed E-state index contributed by atoms with van der Waals surface area (Å²) in [6.45, 7) is 0.928. The summed E-state index contributed by atoms with van der Waals surface area (Å²) in [6.07, 6.45) is 0.985. The quantitative estimate of drug-likeness (QED) is 0.904. The van der Waals surface area contributed by atoms with Gasteiger partial charge in [0, 0.05) is 11.0 Å². The van der Waals surface area contributed by atoms with Gasteiger partial charge in [0.15, 0.2) is 0 Å². The van der Waals surface area contributed by atoms with Gasteiger partial charge in [0.1, 0.15) is 0 Å². The van der Waals surface area contributed by atoms with Gasteiger partial charge in [-0.1, -0.05) is 52.3 Å². The predicted octanol–water partition coefficient (Wildman–Crippen LogP) is 3.76. The molecule has 0 unspecified atom stereocenters. The summed E-state index contributed by atoms with van der Waals surface area (Å²) in [7, 11) is 1.97. The zero-order valence-corrected chi connectivity index (χ0v) is 11.5. The first-order valence-corrected chi connectivity index (χ1v) is 6.54. The molecule has 0 amide bonds. The van der Waals surface area contributed by atoms with Crippen LogP contribution in [0.3, 0.4) is 0 Å². The first kappa shape index (κ1) is 12.3. The van der Waals surface area contributed by atoms with Gasteiger partial charge in [-0.05, 0) is 42.3 Å². The molecule has 0 heterocycles. The topological polar surface area (TPSA) is 12.0 Å². The minimum absolute atomic E-state index is 0.928. The SMILES string of the molecule is CNCc1ccc(Cc2cccc(Br)c2)cc1. The molecule has 0 fully saturated rings. The monoisotopic (exact) mass is 289 g/mol. The Morgan fingerprint density at radius 2 is 1.65 bits per heavy atom. The highest BCUT2D eigenvalue weighted by atomic mass is 79.9. The number of hydrogen-bond acceptors (Lipinski definition) is 1. The Hall–Kier alpha value is -1.12. The predicted molar refractivity (Wildman–Crippen MR) is 76.2 cm³/mol. The molecule has 2 aromatic carbocycles. The summed E-state index contributed by atoms with van der Waals surface area (Å²) < 4.78 is 1.14. The van der Waals surface area contributed by atoms with E-state index < -0.39 is 0 Å². The van der Waals surface area contributed by atoms with Gasteiger partial charge >= 0.3 is 0 Å². The van der Waals surface area contributed by atoms with Gasteiger partial charge in [0.25, 0.3) is 0 Å². The Kier molecular flexibility index (Phi) is 4.35. The maximum Gasteiger partial charge on any atom is 0.0202 e. The molecular weight excluding hydrogens is 274 g/mol. The standard InChI is InChI=1S/C15H16BrN/c1-17-11-13-7-5-12(6-8-13)9-14-3-2-4-15(16)10-14/h2-8,10,17H,9,11H2,1H3. The third-order valence-electron chi connectivity index (χ3n) is 2.70. The summed E-state index contributed by atoms with van der Waals surface area (Å²) in [5.41, 5.74) is 4.01. The van der Waals surface area contributed by atoms with Crippen LogP contribution >= 0.6 is 15.9 Å². The van der Waals surface area contributed by atoms with Crippen LogP contribution in [0.15, 0.2) is 53.0 Å². The second kappa shape index (κ2) is 5.99. The van der Waals surface area contributed by atoms with Gasteiger partial charge in [0.2, 0.25) is 0 Å². The van der Waals surface area contributed by atoms with Crippen molar-refractivity contribution in [3.05, 3.63) is 69.7 Å². The van der Waals surface area contributed by atoms with Crippen molar-refractivity contribution in [2.24, 2.45) is 0 Å². The van der Waals surface area contributed by atoms with Crippen LogP contribution in [0, 0.1) is 0 Å². The number of rotatable bonds is 4. The molecule has 2 aromatic rings. The van der Waals surface area contributed by atoms with Crippen molar-refractivity contribution in [1.82, 2.24) is 5.32 Å². The third kappa shape index (κ3) is 3.69.